The van der Waals surface area contributed by atoms with E-state index in [-0.39, 0.29) is 15.5 Å². The van der Waals surface area contributed by atoms with Gasteiger partial charge in [0.25, 0.3) is 15.9 Å². The maximum atomic E-state index is 12.6. The van der Waals surface area contributed by atoms with Gasteiger partial charge < -0.3 is 10.0 Å². The number of carbonyl (C=O) groups excluding carboxylic acids is 1. The summed E-state index contributed by atoms with van der Waals surface area (Å²) in [6.45, 7) is 0.376. The van der Waals surface area contributed by atoms with Gasteiger partial charge in [0.15, 0.2) is 0 Å². The number of anilines is 1. The second-order valence-corrected chi connectivity index (χ2v) is 8.47. The van der Waals surface area contributed by atoms with Crippen LogP contribution in [0.1, 0.15) is 23.2 Å². The topological polar surface area (TPSA) is 104 Å². The predicted molar refractivity (Wildman–Crippen MR) is 93.3 cm³/mol. The van der Waals surface area contributed by atoms with Crippen LogP contribution in [-0.4, -0.2) is 42.9 Å². The van der Waals surface area contributed by atoms with Crippen LogP contribution in [0.15, 0.2) is 46.0 Å². The first-order valence-corrected chi connectivity index (χ1v) is 9.95. The Bertz CT molecular complexity index is 893. The summed E-state index contributed by atoms with van der Waals surface area (Å²) in [5.41, 5.74) is 0.504. The molecule has 0 radical (unpaired) electrons. The molecule has 0 bridgehead atoms. The summed E-state index contributed by atoms with van der Waals surface area (Å²) >= 11 is 1.09. The maximum Gasteiger partial charge on any atom is 0.326 e. The highest BCUT2D eigenvalue weighted by atomic mass is 32.2. The fourth-order valence-electron chi connectivity index (χ4n) is 2.77. The molecule has 25 heavy (non-hydrogen) atoms. The van der Waals surface area contributed by atoms with Crippen molar-refractivity contribution in [2.75, 3.05) is 11.3 Å². The van der Waals surface area contributed by atoms with Gasteiger partial charge in [-0.3, -0.25) is 9.52 Å². The molecule has 0 aliphatic carbocycles. The van der Waals surface area contributed by atoms with Crippen molar-refractivity contribution in [1.29, 1.82) is 0 Å². The zero-order valence-electron chi connectivity index (χ0n) is 13.1. The monoisotopic (exact) mass is 380 g/mol. The molecule has 1 amide bonds. The SMILES string of the molecule is O=C(O)[C@@H]1CCCN1C(=O)c1cccc(NS(=O)(=O)c2cccs2)c1. The van der Waals surface area contributed by atoms with Crippen molar-refractivity contribution in [2.45, 2.75) is 23.1 Å². The van der Waals surface area contributed by atoms with Gasteiger partial charge >= 0.3 is 5.97 Å². The van der Waals surface area contributed by atoms with Gasteiger partial charge in [0.2, 0.25) is 0 Å². The normalized spacial score (nSPS) is 17.4. The number of benzene rings is 1. The summed E-state index contributed by atoms with van der Waals surface area (Å²) in [7, 11) is -3.71. The molecule has 0 saturated carbocycles. The second kappa shape index (κ2) is 6.85. The summed E-state index contributed by atoms with van der Waals surface area (Å²) in [5.74, 6) is -1.44. The molecule has 0 spiro atoms. The number of likely N-dealkylation sites (tertiary alicyclic amines) is 1. The van der Waals surface area contributed by atoms with Crippen LogP contribution in [0.25, 0.3) is 0 Å². The molecule has 1 fully saturated rings. The molecule has 1 aromatic heterocycles. The Morgan fingerprint density at radius 2 is 2.04 bits per heavy atom. The number of hydrogen-bond acceptors (Lipinski definition) is 5. The van der Waals surface area contributed by atoms with Crippen LogP contribution in [-0.2, 0) is 14.8 Å². The van der Waals surface area contributed by atoms with Gasteiger partial charge in [-0.25, -0.2) is 13.2 Å². The smallest absolute Gasteiger partial charge is 0.326 e. The number of nitrogens with one attached hydrogen (secondary N) is 1. The Balaban J connectivity index is 1.82. The van der Waals surface area contributed by atoms with Crippen molar-refractivity contribution in [1.82, 2.24) is 4.90 Å². The van der Waals surface area contributed by atoms with E-state index >= 15 is 0 Å². The molecule has 1 atom stereocenters. The van der Waals surface area contributed by atoms with Gasteiger partial charge in [-0.2, -0.15) is 0 Å². The Labute approximate surface area is 149 Å². The number of rotatable bonds is 5. The van der Waals surface area contributed by atoms with Crippen molar-refractivity contribution < 1.29 is 23.1 Å². The quantitative estimate of drug-likeness (QED) is 0.828. The van der Waals surface area contributed by atoms with E-state index in [4.69, 9.17) is 0 Å². The molecule has 2 heterocycles. The summed E-state index contributed by atoms with van der Waals surface area (Å²) in [6, 6.07) is 8.36. The van der Waals surface area contributed by atoms with Gasteiger partial charge in [0.1, 0.15) is 10.3 Å². The summed E-state index contributed by atoms with van der Waals surface area (Å²) in [4.78, 5) is 25.2. The number of nitrogens with zero attached hydrogens (tertiary/aromatic N) is 1. The first kappa shape index (κ1) is 17.4. The Hall–Kier alpha value is -2.39. The zero-order chi connectivity index (χ0) is 18.0. The number of carboxylic acids is 1. The lowest BCUT2D eigenvalue weighted by atomic mass is 10.1. The number of sulfonamides is 1. The van der Waals surface area contributed by atoms with Gasteiger partial charge in [-0.1, -0.05) is 12.1 Å². The third-order valence-corrected chi connectivity index (χ3v) is 6.70. The van der Waals surface area contributed by atoms with Crippen molar-refractivity contribution in [3.63, 3.8) is 0 Å². The number of aliphatic carboxylic acids is 1. The maximum absolute atomic E-state index is 12.6. The molecule has 1 aromatic carbocycles. The van der Waals surface area contributed by atoms with Crippen LogP contribution in [0.4, 0.5) is 5.69 Å². The minimum Gasteiger partial charge on any atom is -0.480 e. The number of carboxylic acid groups (broad SMARTS) is 1. The van der Waals surface area contributed by atoms with E-state index in [0.29, 0.717) is 19.4 Å². The van der Waals surface area contributed by atoms with Gasteiger partial charge in [-0.15, -0.1) is 11.3 Å². The van der Waals surface area contributed by atoms with E-state index in [0.717, 1.165) is 11.3 Å². The van der Waals surface area contributed by atoms with E-state index in [1.165, 1.54) is 17.0 Å². The number of carbonyl (C=O) groups is 2. The minimum atomic E-state index is -3.71. The zero-order valence-corrected chi connectivity index (χ0v) is 14.7. The average Bonchev–Trinajstić information content (AvgIpc) is 3.25. The lowest BCUT2D eigenvalue weighted by molar-refractivity contribution is -0.141. The van der Waals surface area contributed by atoms with Crippen molar-refractivity contribution in [3.8, 4) is 0 Å². The first-order chi connectivity index (χ1) is 11.9. The number of amides is 1. The Morgan fingerprint density at radius 1 is 1.24 bits per heavy atom. The van der Waals surface area contributed by atoms with E-state index < -0.39 is 27.9 Å². The Kier molecular flexibility index (Phi) is 4.78. The molecule has 2 N–H and O–H groups in total. The van der Waals surface area contributed by atoms with Crippen LogP contribution in [0.5, 0.6) is 0 Å². The van der Waals surface area contributed by atoms with Crippen LogP contribution < -0.4 is 4.72 Å². The Morgan fingerprint density at radius 3 is 2.72 bits per heavy atom. The minimum absolute atomic E-state index is 0.176. The highest BCUT2D eigenvalue weighted by molar-refractivity contribution is 7.94. The van der Waals surface area contributed by atoms with E-state index in [1.54, 1.807) is 29.6 Å². The fourth-order valence-corrected chi connectivity index (χ4v) is 4.81. The highest BCUT2D eigenvalue weighted by Gasteiger charge is 2.34. The number of hydrogen-bond donors (Lipinski definition) is 2. The molecular weight excluding hydrogens is 364 g/mol. The highest BCUT2D eigenvalue weighted by Crippen LogP contribution is 2.24. The van der Waals surface area contributed by atoms with Gasteiger partial charge in [-0.05, 0) is 42.5 Å². The third-order valence-electron chi connectivity index (χ3n) is 3.92. The van der Waals surface area contributed by atoms with Crippen molar-refractivity contribution in [2.24, 2.45) is 0 Å². The molecular formula is C16H16N2O5S2. The first-order valence-electron chi connectivity index (χ1n) is 7.58. The molecule has 132 valence electrons. The molecule has 1 aliphatic rings. The molecule has 1 saturated heterocycles. The largest absolute Gasteiger partial charge is 0.480 e. The van der Waals surface area contributed by atoms with Crippen molar-refractivity contribution in [3.05, 3.63) is 47.3 Å². The number of thiophene rings is 1. The van der Waals surface area contributed by atoms with Gasteiger partial charge in [0, 0.05) is 17.8 Å². The van der Waals surface area contributed by atoms with Crippen LogP contribution >= 0.6 is 11.3 Å². The van der Waals surface area contributed by atoms with Crippen molar-refractivity contribution >= 4 is 38.9 Å². The van der Waals surface area contributed by atoms with Gasteiger partial charge in [0.05, 0.1) is 0 Å². The summed E-state index contributed by atoms with van der Waals surface area (Å²) in [6.07, 6.45) is 1.05. The average molecular weight is 380 g/mol. The molecule has 1 aliphatic heterocycles. The van der Waals surface area contributed by atoms with E-state index in [1.807, 2.05) is 0 Å². The van der Waals surface area contributed by atoms with Crippen LogP contribution in [0.3, 0.4) is 0 Å². The van der Waals surface area contributed by atoms with E-state index in [2.05, 4.69) is 4.72 Å². The lowest BCUT2D eigenvalue weighted by Gasteiger charge is -2.21. The molecule has 3 rings (SSSR count). The van der Waals surface area contributed by atoms with Crippen LogP contribution in [0, 0.1) is 0 Å². The summed E-state index contributed by atoms with van der Waals surface area (Å²) in [5, 5.41) is 10.9. The predicted octanol–water partition coefficient (Wildman–Crippen LogP) is 2.24. The molecule has 2 aromatic rings. The second-order valence-electron chi connectivity index (χ2n) is 5.61. The molecule has 0 unspecified atom stereocenters. The lowest BCUT2D eigenvalue weighted by Crippen LogP contribution is -2.40. The van der Waals surface area contributed by atoms with E-state index in [9.17, 15) is 23.1 Å². The third kappa shape index (κ3) is 3.67. The fraction of sp³-hybridized carbons (Fsp3) is 0.250. The summed E-state index contributed by atoms with van der Waals surface area (Å²) < 4.78 is 27.1. The molecule has 9 heteroatoms. The molecule has 7 nitrogen and oxygen atoms in total. The standard InChI is InChI=1S/C16H16N2O5S2/c19-15(18-8-2-6-13(18)16(20)21)11-4-1-5-12(10-11)17-25(22,23)14-7-3-9-24-14/h1,3-5,7,9-10,13,17H,2,6,8H2,(H,20,21)/t13-/m0/s1. The van der Waals surface area contributed by atoms with Crippen LogP contribution in [0.2, 0.25) is 0 Å².